The molecule has 0 spiro atoms. The Hall–Kier alpha value is -0.580. The molecule has 0 radical (unpaired) electrons. The molecule has 1 aromatic rings. The first-order valence-corrected chi connectivity index (χ1v) is 5.62. The highest BCUT2D eigenvalue weighted by Gasteiger charge is 2.24. The number of aryl methyl sites for hydroxylation is 1. The van der Waals surface area contributed by atoms with Crippen molar-refractivity contribution in [2.45, 2.75) is 32.5 Å². The molecule has 1 aromatic heterocycles. The third-order valence-electron chi connectivity index (χ3n) is 3.28. The lowest BCUT2D eigenvalue weighted by molar-refractivity contribution is 0.106. The summed E-state index contributed by atoms with van der Waals surface area (Å²) in [7, 11) is 2.01. The predicted octanol–water partition coefficient (Wildman–Crippen LogP) is 1.02. The third kappa shape index (κ3) is 2.75. The Bertz CT molecular complexity index is 316. The molecule has 0 amide bonds. The van der Waals surface area contributed by atoms with Crippen molar-refractivity contribution in [1.82, 2.24) is 20.0 Å². The molecule has 0 aromatic carbocycles. The Morgan fingerprint density at radius 1 is 1.38 bits per heavy atom. The smallest absolute Gasteiger partial charge is 0.0521 e. The Morgan fingerprint density at radius 2 is 2.00 bits per heavy atom. The molecule has 4 nitrogen and oxygen atoms in total. The summed E-state index contributed by atoms with van der Waals surface area (Å²) in [6.45, 7) is 7.73. The molecule has 92 valence electrons. The van der Waals surface area contributed by atoms with Gasteiger partial charge < -0.3 is 5.32 Å². The molecule has 0 unspecified atom stereocenters. The van der Waals surface area contributed by atoms with Gasteiger partial charge in [-0.2, -0.15) is 5.10 Å². The van der Waals surface area contributed by atoms with Gasteiger partial charge in [0.25, 0.3) is 0 Å². The van der Waals surface area contributed by atoms with E-state index in [1.54, 1.807) is 0 Å². The largest absolute Gasteiger partial charge is 0.314 e. The van der Waals surface area contributed by atoms with Crippen LogP contribution in [0.2, 0.25) is 0 Å². The van der Waals surface area contributed by atoms with Crippen LogP contribution in [0.3, 0.4) is 0 Å². The van der Waals surface area contributed by atoms with E-state index < -0.39 is 0 Å². The van der Waals surface area contributed by atoms with E-state index in [9.17, 15) is 0 Å². The van der Waals surface area contributed by atoms with Crippen LogP contribution in [-0.4, -0.2) is 39.9 Å². The highest BCUT2D eigenvalue weighted by molar-refractivity contribution is 5.85. The minimum Gasteiger partial charge on any atom is -0.314 e. The Balaban J connectivity index is 0.00000128. The Morgan fingerprint density at radius 3 is 2.50 bits per heavy atom. The summed E-state index contributed by atoms with van der Waals surface area (Å²) < 4.78 is 1.96. The van der Waals surface area contributed by atoms with Gasteiger partial charge in [0, 0.05) is 45.0 Å². The number of nitrogens with zero attached hydrogens (tertiary/aromatic N) is 3. The van der Waals surface area contributed by atoms with Crippen LogP contribution in [-0.2, 0) is 13.6 Å². The van der Waals surface area contributed by atoms with E-state index in [1.807, 2.05) is 17.9 Å². The molecule has 1 saturated heterocycles. The first-order chi connectivity index (χ1) is 7.18. The lowest BCUT2D eigenvalue weighted by atomic mass is 10.1. The van der Waals surface area contributed by atoms with E-state index in [4.69, 9.17) is 0 Å². The quantitative estimate of drug-likeness (QED) is 0.844. The van der Waals surface area contributed by atoms with Crippen molar-refractivity contribution in [3.63, 3.8) is 0 Å². The highest BCUT2D eigenvalue weighted by Crippen LogP contribution is 2.13. The van der Waals surface area contributed by atoms with Crippen molar-refractivity contribution < 1.29 is 0 Å². The standard InChI is InChI=1S/C11H20N4.ClH/c1-9-6-12-7-10(2)15(9)8-11-4-5-13-14(11)3;/h4-5,9-10,12H,6-8H2,1-3H3;1H/t9-,10+;. The molecule has 2 heterocycles. The van der Waals surface area contributed by atoms with E-state index in [2.05, 4.69) is 35.2 Å². The van der Waals surface area contributed by atoms with Crippen LogP contribution in [0.25, 0.3) is 0 Å². The van der Waals surface area contributed by atoms with Crippen LogP contribution in [0.15, 0.2) is 12.3 Å². The average molecular weight is 245 g/mol. The molecule has 0 bridgehead atoms. The first-order valence-electron chi connectivity index (χ1n) is 5.62. The third-order valence-corrected chi connectivity index (χ3v) is 3.28. The molecule has 1 N–H and O–H groups in total. The molecule has 2 atom stereocenters. The van der Waals surface area contributed by atoms with Gasteiger partial charge in [0.1, 0.15) is 0 Å². The predicted molar refractivity (Wildman–Crippen MR) is 67.8 cm³/mol. The Kier molecular flexibility index (Phi) is 4.77. The lowest BCUT2D eigenvalue weighted by Crippen LogP contribution is -2.54. The number of halogens is 1. The van der Waals surface area contributed by atoms with Crippen molar-refractivity contribution in [1.29, 1.82) is 0 Å². The summed E-state index contributed by atoms with van der Waals surface area (Å²) in [6.07, 6.45) is 1.87. The van der Waals surface area contributed by atoms with E-state index >= 15 is 0 Å². The van der Waals surface area contributed by atoms with Crippen LogP contribution in [0.4, 0.5) is 0 Å². The average Bonchev–Trinajstić information content (AvgIpc) is 2.58. The zero-order chi connectivity index (χ0) is 10.8. The maximum Gasteiger partial charge on any atom is 0.0521 e. The molecule has 0 saturated carbocycles. The van der Waals surface area contributed by atoms with Crippen LogP contribution >= 0.6 is 12.4 Å². The first kappa shape index (κ1) is 13.5. The van der Waals surface area contributed by atoms with E-state index in [1.165, 1.54) is 5.69 Å². The van der Waals surface area contributed by atoms with Gasteiger partial charge in [-0.25, -0.2) is 0 Å². The monoisotopic (exact) mass is 244 g/mol. The van der Waals surface area contributed by atoms with E-state index in [-0.39, 0.29) is 12.4 Å². The van der Waals surface area contributed by atoms with Crippen molar-refractivity contribution in [2.75, 3.05) is 13.1 Å². The zero-order valence-corrected chi connectivity index (χ0v) is 11.0. The number of nitrogens with one attached hydrogen (secondary N) is 1. The van der Waals surface area contributed by atoms with Gasteiger partial charge in [-0.05, 0) is 19.9 Å². The number of hydrogen-bond acceptors (Lipinski definition) is 3. The number of aromatic nitrogens is 2. The topological polar surface area (TPSA) is 33.1 Å². The fraction of sp³-hybridized carbons (Fsp3) is 0.727. The summed E-state index contributed by atoms with van der Waals surface area (Å²) in [5.74, 6) is 0. The van der Waals surface area contributed by atoms with Gasteiger partial charge in [-0.15, -0.1) is 12.4 Å². The molecule has 1 aliphatic rings. The van der Waals surface area contributed by atoms with Gasteiger partial charge in [0.15, 0.2) is 0 Å². The van der Waals surface area contributed by atoms with Crippen LogP contribution in [0.1, 0.15) is 19.5 Å². The van der Waals surface area contributed by atoms with Gasteiger partial charge in [-0.3, -0.25) is 9.58 Å². The lowest BCUT2D eigenvalue weighted by Gasteiger charge is -2.39. The van der Waals surface area contributed by atoms with Crippen molar-refractivity contribution in [3.8, 4) is 0 Å². The normalized spacial score (nSPS) is 26.4. The summed E-state index contributed by atoms with van der Waals surface area (Å²) in [5.41, 5.74) is 1.29. The fourth-order valence-corrected chi connectivity index (χ4v) is 2.23. The molecule has 0 aliphatic carbocycles. The van der Waals surface area contributed by atoms with Crippen molar-refractivity contribution >= 4 is 12.4 Å². The SMILES string of the molecule is C[C@@H]1CNC[C@H](C)N1Cc1ccnn1C.Cl. The maximum atomic E-state index is 4.21. The summed E-state index contributed by atoms with van der Waals surface area (Å²) in [4.78, 5) is 2.54. The molecule has 2 rings (SSSR count). The van der Waals surface area contributed by atoms with Gasteiger partial charge in [0.05, 0.1) is 5.69 Å². The number of rotatable bonds is 2. The van der Waals surface area contributed by atoms with E-state index in [0.717, 1.165) is 19.6 Å². The van der Waals surface area contributed by atoms with Crippen LogP contribution < -0.4 is 5.32 Å². The second-order valence-electron chi connectivity index (χ2n) is 4.47. The number of piperazine rings is 1. The minimum atomic E-state index is 0. The highest BCUT2D eigenvalue weighted by atomic mass is 35.5. The summed E-state index contributed by atoms with van der Waals surface area (Å²) in [6, 6.07) is 3.30. The molecule has 1 fully saturated rings. The van der Waals surface area contributed by atoms with Crippen LogP contribution in [0, 0.1) is 0 Å². The summed E-state index contributed by atoms with van der Waals surface area (Å²) >= 11 is 0. The molecule has 16 heavy (non-hydrogen) atoms. The fourth-order valence-electron chi connectivity index (χ4n) is 2.23. The minimum absolute atomic E-state index is 0. The van der Waals surface area contributed by atoms with Gasteiger partial charge in [0.2, 0.25) is 0 Å². The van der Waals surface area contributed by atoms with Crippen molar-refractivity contribution in [3.05, 3.63) is 18.0 Å². The molecular weight excluding hydrogens is 224 g/mol. The summed E-state index contributed by atoms with van der Waals surface area (Å²) in [5, 5.41) is 7.65. The molecular formula is C11H21ClN4. The van der Waals surface area contributed by atoms with Gasteiger partial charge >= 0.3 is 0 Å². The molecule has 5 heteroatoms. The van der Waals surface area contributed by atoms with E-state index in [0.29, 0.717) is 12.1 Å². The zero-order valence-electron chi connectivity index (χ0n) is 10.2. The second-order valence-corrected chi connectivity index (χ2v) is 4.47. The van der Waals surface area contributed by atoms with Gasteiger partial charge in [-0.1, -0.05) is 0 Å². The Labute approximate surface area is 103 Å². The molecule has 1 aliphatic heterocycles. The van der Waals surface area contributed by atoms with Crippen molar-refractivity contribution in [2.24, 2.45) is 7.05 Å². The van der Waals surface area contributed by atoms with Crippen LogP contribution in [0.5, 0.6) is 0 Å². The maximum absolute atomic E-state index is 4.21. The second kappa shape index (κ2) is 5.66. The number of hydrogen-bond donors (Lipinski definition) is 1.